The fourth-order valence-corrected chi connectivity index (χ4v) is 1.86. The van der Waals surface area contributed by atoms with Gasteiger partial charge in [0.1, 0.15) is 0 Å². The standard InChI is InChI=1S/C13H14O2/c14-12-9-5-4-8-11(12)13(15)10-6-2-1-3-7-10/h1-3,6-8,12,14H,4-5,9H2/t12-/m0/s1. The number of carbonyl (C=O) groups excluding carboxylic acids is 1. The number of ketones is 1. The molecule has 0 unspecified atom stereocenters. The molecule has 1 aromatic rings. The second-order valence-corrected chi connectivity index (χ2v) is 3.80. The van der Waals surface area contributed by atoms with Crippen LogP contribution in [-0.4, -0.2) is 17.0 Å². The van der Waals surface area contributed by atoms with Gasteiger partial charge in [0.15, 0.2) is 5.78 Å². The van der Waals surface area contributed by atoms with E-state index in [2.05, 4.69) is 0 Å². The van der Waals surface area contributed by atoms with Crippen molar-refractivity contribution in [1.29, 1.82) is 0 Å². The Morgan fingerprint density at radius 1 is 1.27 bits per heavy atom. The molecule has 0 spiro atoms. The van der Waals surface area contributed by atoms with Crippen LogP contribution in [0.5, 0.6) is 0 Å². The Balaban J connectivity index is 2.25. The molecule has 2 rings (SSSR count). The van der Waals surface area contributed by atoms with E-state index in [0.717, 1.165) is 12.8 Å². The predicted octanol–water partition coefficient (Wildman–Crippen LogP) is 2.34. The highest BCUT2D eigenvalue weighted by atomic mass is 16.3. The van der Waals surface area contributed by atoms with Crippen LogP contribution in [-0.2, 0) is 0 Å². The lowest BCUT2D eigenvalue weighted by Gasteiger charge is -2.18. The van der Waals surface area contributed by atoms with Crippen molar-refractivity contribution in [2.75, 3.05) is 0 Å². The third-order valence-corrected chi connectivity index (χ3v) is 2.70. The van der Waals surface area contributed by atoms with E-state index in [-0.39, 0.29) is 5.78 Å². The van der Waals surface area contributed by atoms with Crippen LogP contribution >= 0.6 is 0 Å². The number of benzene rings is 1. The van der Waals surface area contributed by atoms with Crippen LogP contribution < -0.4 is 0 Å². The fourth-order valence-electron chi connectivity index (χ4n) is 1.86. The molecular formula is C13H14O2. The molecule has 2 nitrogen and oxygen atoms in total. The largest absolute Gasteiger partial charge is 0.388 e. The Hall–Kier alpha value is -1.41. The smallest absolute Gasteiger partial charge is 0.191 e. The number of allylic oxidation sites excluding steroid dienone is 1. The second-order valence-electron chi connectivity index (χ2n) is 3.80. The van der Waals surface area contributed by atoms with Crippen LogP contribution in [0, 0.1) is 0 Å². The summed E-state index contributed by atoms with van der Waals surface area (Å²) in [5.74, 6) is -0.0391. The zero-order chi connectivity index (χ0) is 10.7. The molecule has 78 valence electrons. The van der Waals surface area contributed by atoms with Crippen molar-refractivity contribution in [3.05, 3.63) is 47.5 Å². The minimum Gasteiger partial charge on any atom is -0.388 e. The molecule has 0 aromatic heterocycles. The molecule has 0 saturated carbocycles. The molecule has 1 aromatic carbocycles. The van der Waals surface area contributed by atoms with Crippen molar-refractivity contribution in [2.24, 2.45) is 0 Å². The molecule has 15 heavy (non-hydrogen) atoms. The average Bonchev–Trinajstić information content (AvgIpc) is 2.30. The van der Waals surface area contributed by atoms with Gasteiger partial charge >= 0.3 is 0 Å². The van der Waals surface area contributed by atoms with Crippen molar-refractivity contribution < 1.29 is 9.90 Å². The lowest BCUT2D eigenvalue weighted by atomic mass is 9.91. The molecule has 0 saturated heterocycles. The summed E-state index contributed by atoms with van der Waals surface area (Å²) < 4.78 is 0. The topological polar surface area (TPSA) is 37.3 Å². The van der Waals surface area contributed by atoms with Gasteiger partial charge in [-0.3, -0.25) is 4.79 Å². The molecule has 0 aliphatic heterocycles. The van der Waals surface area contributed by atoms with Crippen LogP contribution in [0.4, 0.5) is 0 Å². The van der Waals surface area contributed by atoms with Gasteiger partial charge in [-0.25, -0.2) is 0 Å². The van der Waals surface area contributed by atoms with Gasteiger partial charge in [-0.05, 0) is 19.3 Å². The molecule has 0 amide bonds. The Bertz CT molecular complexity index is 379. The number of Topliss-reactive ketones (excluding diaryl/α,β-unsaturated/α-hetero) is 1. The van der Waals surface area contributed by atoms with E-state index in [4.69, 9.17) is 0 Å². The maximum atomic E-state index is 12.0. The summed E-state index contributed by atoms with van der Waals surface area (Å²) in [6, 6.07) is 9.11. The zero-order valence-corrected chi connectivity index (χ0v) is 8.52. The predicted molar refractivity (Wildman–Crippen MR) is 58.7 cm³/mol. The first-order valence-corrected chi connectivity index (χ1v) is 5.27. The van der Waals surface area contributed by atoms with Crippen LogP contribution in [0.2, 0.25) is 0 Å². The average molecular weight is 202 g/mol. The maximum Gasteiger partial charge on any atom is 0.191 e. The highest BCUT2D eigenvalue weighted by molar-refractivity contribution is 6.09. The van der Waals surface area contributed by atoms with Crippen molar-refractivity contribution >= 4 is 5.78 Å². The Morgan fingerprint density at radius 2 is 2.00 bits per heavy atom. The number of carbonyl (C=O) groups is 1. The van der Waals surface area contributed by atoms with Crippen molar-refractivity contribution in [3.8, 4) is 0 Å². The number of aliphatic hydroxyl groups is 1. The van der Waals surface area contributed by atoms with E-state index < -0.39 is 6.10 Å². The number of hydrogen-bond acceptors (Lipinski definition) is 2. The Kier molecular flexibility index (Phi) is 2.97. The van der Waals surface area contributed by atoms with E-state index in [1.807, 2.05) is 24.3 Å². The molecule has 0 radical (unpaired) electrons. The summed E-state index contributed by atoms with van der Waals surface area (Å²) in [7, 11) is 0. The van der Waals surface area contributed by atoms with Crippen LogP contribution in [0.3, 0.4) is 0 Å². The monoisotopic (exact) mass is 202 g/mol. The van der Waals surface area contributed by atoms with E-state index in [1.165, 1.54) is 0 Å². The van der Waals surface area contributed by atoms with Crippen molar-refractivity contribution in [1.82, 2.24) is 0 Å². The van der Waals surface area contributed by atoms with Gasteiger partial charge in [0.2, 0.25) is 0 Å². The normalized spacial score (nSPS) is 20.9. The van der Waals surface area contributed by atoms with Crippen molar-refractivity contribution in [2.45, 2.75) is 25.4 Å². The minimum atomic E-state index is -0.577. The minimum absolute atomic E-state index is 0.0391. The number of hydrogen-bond donors (Lipinski definition) is 1. The van der Waals surface area contributed by atoms with E-state index >= 15 is 0 Å². The van der Waals surface area contributed by atoms with Crippen LogP contribution in [0.25, 0.3) is 0 Å². The lowest BCUT2D eigenvalue weighted by Crippen LogP contribution is -2.20. The third-order valence-electron chi connectivity index (χ3n) is 2.70. The molecule has 0 bridgehead atoms. The summed E-state index contributed by atoms with van der Waals surface area (Å²) in [5.41, 5.74) is 1.22. The number of rotatable bonds is 2. The van der Waals surface area contributed by atoms with E-state index in [0.29, 0.717) is 17.6 Å². The highest BCUT2D eigenvalue weighted by Gasteiger charge is 2.21. The van der Waals surface area contributed by atoms with Gasteiger partial charge < -0.3 is 5.11 Å². The molecule has 1 N–H and O–H groups in total. The fraction of sp³-hybridized carbons (Fsp3) is 0.308. The number of aliphatic hydroxyl groups excluding tert-OH is 1. The summed E-state index contributed by atoms with van der Waals surface area (Å²) in [6.07, 6.45) is 3.84. The zero-order valence-electron chi connectivity index (χ0n) is 8.52. The summed E-state index contributed by atoms with van der Waals surface area (Å²) in [4.78, 5) is 12.0. The first kappa shape index (κ1) is 10.1. The summed E-state index contributed by atoms with van der Waals surface area (Å²) in [5, 5.41) is 9.71. The van der Waals surface area contributed by atoms with Crippen LogP contribution in [0.1, 0.15) is 29.6 Å². The Labute approximate surface area is 89.2 Å². The molecule has 0 heterocycles. The van der Waals surface area contributed by atoms with Gasteiger partial charge in [0, 0.05) is 11.1 Å². The highest BCUT2D eigenvalue weighted by Crippen LogP contribution is 2.21. The maximum absolute atomic E-state index is 12.0. The first-order chi connectivity index (χ1) is 7.29. The van der Waals surface area contributed by atoms with Gasteiger partial charge in [-0.15, -0.1) is 0 Å². The van der Waals surface area contributed by atoms with Gasteiger partial charge in [0.25, 0.3) is 0 Å². The summed E-state index contributed by atoms with van der Waals surface area (Å²) >= 11 is 0. The third kappa shape index (κ3) is 2.16. The van der Waals surface area contributed by atoms with Crippen LogP contribution in [0.15, 0.2) is 42.0 Å². The van der Waals surface area contributed by atoms with Crippen molar-refractivity contribution in [3.63, 3.8) is 0 Å². The Morgan fingerprint density at radius 3 is 2.67 bits per heavy atom. The quantitative estimate of drug-likeness (QED) is 0.747. The molecule has 2 heteroatoms. The summed E-state index contributed by atoms with van der Waals surface area (Å²) in [6.45, 7) is 0. The molecule has 1 atom stereocenters. The van der Waals surface area contributed by atoms with Gasteiger partial charge in [0.05, 0.1) is 6.10 Å². The first-order valence-electron chi connectivity index (χ1n) is 5.27. The van der Waals surface area contributed by atoms with E-state index in [9.17, 15) is 9.90 Å². The molecule has 1 aliphatic rings. The molecule has 0 fully saturated rings. The van der Waals surface area contributed by atoms with Gasteiger partial charge in [-0.2, -0.15) is 0 Å². The lowest BCUT2D eigenvalue weighted by molar-refractivity contribution is 0.0975. The molecular weight excluding hydrogens is 188 g/mol. The van der Waals surface area contributed by atoms with Gasteiger partial charge in [-0.1, -0.05) is 36.4 Å². The second kappa shape index (κ2) is 4.41. The SMILES string of the molecule is O=C(C1=CCCC[C@@H]1O)c1ccccc1. The van der Waals surface area contributed by atoms with E-state index in [1.54, 1.807) is 12.1 Å². The molecule has 1 aliphatic carbocycles.